The molecule has 0 unspecified atom stereocenters. The lowest BCUT2D eigenvalue weighted by Crippen LogP contribution is -2.15. The maximum Gasteiger partial charge on any atom is 0.228 e. The molecular formula is C20H18N2O4. The van der Waals surface area contributed by atoms with Crippen LogP contribution in [0.5, 0.6) is 5.75 Å². The molecule has 0 bridgehead atoms. The molecule has 3 rings (SSSR count). The second kappa shape index (κ2) is 7.65. The van der Waals surface area contributed by atoms with E-state index in [2.05, 4.69) is 10.3 Å². The zero-order valence-electron chi connectivity index (χ0n) is 14.5. The third-order valence-corrected chi connectivity index (χ3v) is 3.92. The number of methoxy groups -OCH3 is 1. The Kier molecular flexibility index (Phi) is 5.12. The molecule has 132 valence electrons. The lowest BCUT2D eigenvalue weighted by Gasteiger charge is -2.10. The van der Waals surface area contributed by atoms with Gasteiger partial charge in [-0.2, -0.15) is 0 Å². The minimum absolute atomic E-state index is 0.0580. The van der Waals surface area contributed by atoms with Crippen molar-refractivity contribution in [3.05, 3.63) is 66.2 Å². The van der Waals surface area contributed by atoms with E-state index >= 15 is 0 Å². The van der Waals surface area contributed by atoms with Crippen molar-refractivity contribution in [2.75, 3.05) is 12.4 Å². The summed E-state index contributed by atoms with van der Waals surface area (Å²) in [7, 11) is 1.53. The number of amides is 1. The van der Waals surface area contributed by atoms with E-state index in [0.717, 1.165) is 5.56 Å². The third-order valence-electron chi connectivity index (χ3n) is 3.92. The van der Waals surface area contributed by atoms with Gasteiger partial charge in [-0.3, -0.25) is 9.59 Å². The summed E-state index contributed by atoms with van der Waals surface area (Å²) in [4.78, 5) is 27.8. The quantitative estimate of drug-likeness (QED) is 0.685. The Morgan fingerprint density at radius 2 is 1.92 bits per heavy atom. The third kappa shape index (κ3) is 3.97. The molecule has 0 aliphatic carbocycles. The van der Waals surface area contributed by atoms with Crippen LogP contribution in [-0.2, 0) is 11.2 Å². The summed E-state index contributed by atoms with van der Waals surface area (Å²) < 4.78 is 10.5. The lowest BCUT2D eigenvalue weighted by molar-refractivity contribution is -0.115. The minimum atomic E-state index is -0.198. The Hall–Kier alpha value is -3.41. The topological polar surface area (TPSA) is 81.4 Å². The van der Waals surface area contributed by atoms with Gasteiger partial charge in [0.15, 0.2) is 17.9 Å². The standard InChI is InChI=1S/C20H18N2O4/c1-13(23)15-5-8-18(25-2)16(9-15)10-20(24)22-17-6-3-14(4-7-17)19-11-21-12-26-19/h3-9,11-12H,10H2,1-2H3,(H,22,24). The van der Waals surface area contributed by atoms with Crippen LogP contribution in [0.3, 0.4) is 0 Å². The number of carbonyl (C=O) groups excluding carboxylic acids is 2. The fraction of sp³-hybridized carbons (Fsp3) is 0.150. The molecule has 3 aromatic rings. The van der Waals surface area contributed by atoms with Crippen molar-refractivity contribution in [1.82, 2.24) is 4.98 Å². The molecule has 1 N–H and O–H groups in total. The molecule has 0 saturated heterocycles. The average Bonchev–Trinajstić information content (AvgIpc) is 3.17. The second-order valence-electron chi connectivity index (χ2n) is 5.75. The van der Waals surface area contributed by atoms with Crippen molar-refractivity contribution in [3.63, 3.8) is 0 Å². The number of oxazole rings is 1. The van der Waals surface area contributed by atoms with Crippen LogP contribution in [0.15, 0.2) is 59.5 Å². The van der Waals surface area contributed by atoms with Crippen molar-refractivity contribution in [1.29, 1.82) is 0 Å². The van der Waals surface area contributed by atoms with Gasteiger partial charge in [0.1, 0.15) is 5.75 Å². The molecule has 0 aliphatic heterocycles. The summed E-state index contributed by atoms with van der Waals surface area (Å²) >= 11 is 0. The summed E-state index contributed by atoms with van der Waals surface area (Å²) in [6, 6.07) is 12.3. The fourth-order valence-electron chi connectivity index (χ4n) is 2.59. The maximum atomic E-state index is 12.4. The number of hydrogen-bond acceptors (Lipinski definition) is 5. The largest absolute Gasteiger partial charge is 0.496 e. The zero-order valence-corrected chi connectivity index (χ0v) is 14.5. The Morgan fingerprint density at radius 3 is 2.54 bits per heavy atom. The van der Waals surface area contributed by atoms with Crippen LogP contribution in [0, 0.1) is 0 Å². The number of rotatable bonds is 6. The number of aromatic nitrogens is 1. The van der Waals surface area contributed by atoms with E-state index in [-0.39, 0.29) is 18.1 Å². The molecule has 1 heterocycles. The number of ketones is 1. The number of ether oxygens (including phenoxy) is 1. The SMILES string of the molecule is COc1ccc(C(C)=O)cc1CC(=O)Nc1ccc(-c2cnco2)cc1. The van der Waals surface area contributed by atoms with E-state index in [1.807, 2.05) is 12.1 Å². The van der Waals surface area contributed by atoms with E-state index in [1.165, 1.54) is 20.4 Å². The first-order valence-corrected chi connectivity index (χ1v) is 8.03. The molecule has 0 aliphatic rings. The summed E-state index contributed by atoms with van der Waals surface area (Å²) in [5.74, 6) is 0.980. The Bertz CT molecular complexity index is 915. The molecule has 0 atom stereocenters. The maximum absolute atomic E-state index is 12.4. The van der Waals surface area contributed by atoms with Crippen LogP contribution in [0.4, 0.5) is 5.69 Å². The van der Waals surface area contributed by atoms with Crippen LogP contribution in [0.1, 0.15) is 22.8 Å². The van der Waals surface area contributed by atoms with Crippen molar-refractivity contribution in [3.8, 4) is 17.1 Å². The number of benzene rings is 2. The normalized spacial score (nSPS) is 10.4. The van der Waals surface area contributed by atoms with E-state index < -0.39 is 0 Å². The van der Waals surface area contributed by atoms with Crippen molar-refractivity contribution < 1.29 is 18.7 Å². The first-order valence-electron chi connectivity index (χ1n) is 8.03. The Labute approximate surface area is 150 Å². The highest BCUT2D eigenvalue weighted by Gasteiger charge is 2.12. The minimum Gasteiger partial charge on any atom is -0.496 e. The van der Waals surface area contributed by atoms with Gasteiger partial charge in [-0.05, 0) is 49.4 Å². The number of carbonyl (C=O) groups is 2. The molecule has 1 aromatic heterocycles. The molecule has 0 fully saturated rings. The van der Waals surface area contributed by atoms with Crippen molar-refractivity contribution in [2.45, 2.75) is 13.3 Å². The summed E-state index contributed by atoms with van der Waals surface area (Å²) in [5.41, 5.74) is 2.75. The smallest absolute Gasteiger partial charge is 0.228 e. The van der Waals surface area contributed by atoms with Gasteiger partial charge in [-0.25, -0.2) is 4.98 Å². The first-order chi connectivity index (χ1) is 12.6. The van der Waals surface area contributed by atoms with Crippen molar-refractivity contribution in [2.24, 2.45) is 0 Å². The number of nitrogens with one attached hydrogen (secondary N) is 1. The van der Waals surface area contributed by atoms with Crippen LogP contribution in [-0.4, -0.2) is 23.8 Å². The fourth-order valence-corrected chi connectivity index (χ4v) is 2.59. The van der Waals surface area contributed by atoms with Crippen molar-refractivity contribution >= 4 is 17.4 Å². The van der Waals surface area contributed by atoms with Gasteiger partial charge in [-0.15, -0.1) is 0 Å². The number of Topliss-reactive ketones (excluding diaryl/α,β-unsaturated/α-hetero) is 1. The van der Waals surface area contributed by atoms with E-state index in [0.29, 0.717) is 28.3 Å². The molecule has 26 heavy (non-hydrogen) atoms. The number of anilines is 1. The van der Waals surface area contributed by atoms with Gasteiger partial charge in [0.05, 0.1) is 19.7 Å². The molecule has 1 amide bonds. The molecule has 0 saturated carbocycles. The summed E-state index contributed by atoms with van der Waals surface area (Å²) in [5, 5.41) is 2.84. The summed E-state index contributed by atoms with van der Waals surface area (Å²) in [6.07, 6.45) is 3.10. The van der Waals surface area contributed by atoms with Crippen LogP contribution in [0.25, 0.3) is 11.3 Å². The van der Waals surface area contributed by atoms with Gasteiger partial charge >= 0.3 is 0 Å². The molecule has 6 heteroatoms. The van der Waals surface area contributed by atoms with E-state index in [4.69, 9.17) is 9.15 Å². The highest BCUT2D eigenvalue weighted by Crippen LogP contribution is 2.23. The monoisotopic (exact) mass is 350 g/mol. The second-order valence-corrected chi connectivity index (χ2v) is 5.75. The Balaban J connectivity index is 1.71. The van der Waals surface area contributed by atoms with Gasteiger partial charge in [-0.1, -0.05) is 0 Å². The summed E-state index contributed by atoms with van der Waals surface area (Å²) in [6.45, 7) is 1.49. The van der Waals surface area contributed by atoms with Gasteiger partial charge in [0, 0.05) is 22.4 Å². The van der Waals surface area contributed by atoms with Gasteiger partial charge in [0.2, 0.25) is 5.91 Å². The lowest BCUT2D eigenvalue weighted by atomic mass is 10.0. The predicted octanol–water partition coefficient (Wildman–Crippen LogP) is 3.73. The van der Waals surface area contributed by atoms with Crippen LogP contribution in [0.2, 0.25) is 0 Å². The number of nitrogens with zero attached hydrogens (tertiary/aromatic N) is 1. The van der Waals surface area contributed by atoms with Gasteiger partial charge < -0.3 is 14.5 Å². The highest BCUT2D eigenvalue weighted by molar-refractivity contribution is 5.96. The van der Waals surface area contributed by atoms with Crippen LogP contribution >= 0.6 is 0 Å². The van der Waals surface area contributed by atoms with E-state index in [9.17, 15) is 9.59 Å². The highest BCUT2D eigenvalue weighted by atomic mass is 16.5. The zero-order chi connectivity index (χ0) is 18.5. The Morgan fingerprint density at radius 1 is 1.15 bits per heavy atom. The average molecular weight is 350 g/mol. The van der Waals surface area contributed by atoms with Crippen LogP contribution < -0.4 is 10.1 Å². The molecule has 6 nitrogen and oxygen atoms in total. The predicted molar refractivity (Wildman–Crippen MR) is 97.3 cm³/mol. The number of hydrogen-bond donors (Lipinski definition) is 1. The first kappa shape index (κ1) is 17.4. The molecular weight excluding hydrogens is 332 g/mol. The molecule has 0 radical (unpaired) electrons. The van der Waals surface area contributed by atoms with E-state index in [1.54, 1.807) is 36.5 Å². The van der Waals surface area contributed by atoms with Gasteiger partial charge in [0.25, 0.3) is 0 Å². The molecule has 2 aromatic carbocycles. The molecule has 0 spiro atoms.